The zero-order valence-electron chi connectivity index (χ0n) is 41.0. The molecule has 1 aromatic heterocycles. The van der Waals surface area contributed by atoms with Crippen LogP contribution in [0.15, 0.2) is 48.0 Å². The van der Waals surface area contributed by atoms with Crippen LogP contribution in [0.4, 0.5) is 4.39 Å². The zero-order chi connectivity index (χ0) is 49.6. The molecule has 9 rings (SSSR count). The first-order valence-corrected chi connectivity index (χ1v) is 25.7. The summed E-state index contributed by atoms with van der Waals surface area (Å²) in [5.74, 6) is -0.478. The van der Waals surface area contributed by atoms with Crippen molar-refractivity contribution in [2.45, 2.75) is 134 Å². The molecule has 4 bridgehead atoms. The highest BCUT2D eigenvalue weighted by molar-refractivity contribution is 7.13. The molecular weight excluding hydrogens is 918 g/mol. The maximum absolute atomic E-state index is 14.0. The van der Waals surface area contributed by atoms with Crippen LogP contribution in [0.3, 0.4) is 0 Å². The minimum atomic E-state index is -0.941. The molecular formula is C52H70FN7O9S. The minimum absolute atomic E-state index is 0.0111. The van der Waals surface area contributed by atoms with Crippen LogP contribution in [0.2, 0.25) is 0 Å². The Bertz CT molecular complexity index is 2340. The number of aliphatic hydroxyl groups is 1. The largest absolute Gasteiger partial charge is 0.391 e. The van der Waals surface area contributed by atoms with Gasteiger partial charge < -0.3 is 50.4 Å². The van der Waals surface area contributed by atoms with Crippen molar-refractivity contribution in [1.82, 2.24) is 36.1 Å². The van der Waals surface area contributed by atoms with Crippen molar-refractivity contribution in [3.05, 3.63) is 76.2 Å². The maximum atomic E-state index is 14.0. The Balaban J connectivity index is 0.681. The van der Waals surface area contributed by atoms with Crippen molar-refractivity contribution in [3.8, 4) is 10.4 Å². The summed E-state index contributed by atoms with van der Waals surface area (Å²) >= 11 is 1.57. The number of aliphatic hydroxyl groups excluding tert-OH is 1. The van der Waals surface area contributed by atoms with Crippen molar-refractivity contribution in [3.63, 3.8) is 0 Å². The van der Waals surface area contributed by atoms with Crippen LogP contribution in [0.5, 0.6) is 0 Å². The van der Waals surface area contributed by atoms with Crippen molar-refractivity contribution in [2.24, 2.45) is 17.3 Å². The molecule has 1 saturated heterocycles. The number of aromatic nitrogens is 1. The molecule has 6 aliphatic rings. The number of benzene rings is 2. The highest BCUT2D eigenvalue weighted by Gasteiger charge is 2.58. The molecule has 3 heterocycles. The number of nitrogens with zero attached hydrogens (tertiary/aromatic N) is 3. The predicted molar refractivity (Wildman–Crippen MR) is 260 cm³/mol. The Morgan fingerprint density at radius 3 is 2.16 bits per heavy atom. The lowest BCUT2D eigenvalue weighted by Gasteiger charge is -2.62. The number of β-amino-alcohol motifs (C(OH)–C–C–N with tert-alkyl or cyclic N) is 1. The second-order valence-corrected chi connectivity index (χ2v) is 22.2. The summed E-state index contributed by atoms with van der Waals surface area (Å²) in [5.41, 5.74) is 5.41. The SMILES string of the molecule is Cc1ncsc1-c1ccc(CNC(=O)[C@@H]2C[C@@H](O)CN2C(=O)[C@@H](NC(=O)CCOCCOCCOCCC(=O)NC23CC4CC(CC(NCC(=O)N5Cc6ccc(F)cc6C5)(C4)C2)C3)C(C)(C)C)cc1. The van der Waals surface area contributed by atoms with Gasteiger partial charge in [-0.05, 0) is 97.1 Å². The van der Waals surface area contributed by atoms with Crippen LogP contribution >= 0.6 is 11.3 Å². The summed E-state index contributed by atoms with van der Waals surface area (Å²) in [6.45, 7) is 10.4. The third-order valence-electron chi connectivity index (χ3n) is 14.7. The Morgan fingerprint density at radius 2 is 1.50 bits per heavy atom. The number of hydrogen-bond acceptors (Lipinski definition) is 12. The van der Waals surface area contributed by atoms with E-state index in [0.29, 0.717) is 38.1 Å². The van der Waals surface area contributed by atoms with Crippen LogP contribution in [-0.2, 0) is 57.8 Å². The number of halogens is 1. The molecule has 380 valence electrons. The van der Waals surface area contributed by atoms with E-state index in [9.17, 15) is 33.5 Å². The molecule has 4 aliphatic carbocycles. The van der Waals surface area contributed by atoms with Crippen LogP contribution in [0, 0.1) is 30.0 Å². The molecule has 3 aromatic rings. The molecule has 4 saturated carbocycles. The third kappa shape index (κ3) is 12.8. The van der Waals surface area contributed by atoms with Crippen LogP contribution in [-0.4, -0.2) is 131 Å². The summed E-state index contributed by atoms with van der Waals surface area (Å²) in [6, 6.07) is 10.8. The fourth-order valence-corrected chi connectivity index (χ4v) is 12.6. The van der Waals surface area contributed by atoms with Gasteiger partial charge in [-0.2, -0.15) is 0 Å². The van der Waals surface area contributed by atoms with Gasteiger partial charge in [0.25, 0.3) is 0 Å². The summed E-state index contributed by atoms with van der Waals surface area (Å²) < 4.78 is 30.8. The van der Waals surface area contributed by atoms with Crippen molar-refractivity contribution >= 4 is 40.9 Å². The molecule has 18 heteroatoms. The molecule has 2 aliphatic heterocycles. The Labute approximate surface area is 414 Å². The average Bonchev–Trinajstić information content (AvgIpc) is 4.05. The number of likely N-dealkylation sites (tertiary alicyclic amines) is 1. The van der Waals surface area contributed by atoms with E-state index in [0.717, 1.165) is 71.3 Å². The first-order valence-electron chi connectivity index (χ1n) is 24.9. The molecule has 5 N–H and O–H groups in total. The lowest BCUT2D eigenvalue weighted by atomic mass is 9.50. The maximum Gasteiger partial charge on any atom is 0.246 e. The topological polar surface area (TPSA) is 201 Å². The van der Waals surface area contributed by atoms with Crippen LogP contribution in [0.25, 0.3) is 10.4 Å². The summed E-state index contributed by atoms with van der Waals surface area (Å²) in [6.07, 6.45) is 5.36. The first kappa shape index (κ1) is 51.5. The monoisotopic (exact) mass is 987 g/mol. The molecule has 5 fully saturated rings. The molecule has 2 unspecified atom stereocenters. The second kappa shape index (κ2) is 22.3. The standard InChI is InChI=1S/C52H70FN7O9S/c1-33-46(70-32-55-33)37-7-5-34(6-8-37)26-54-48(65)42-21-41(61)30-60(42)49(66)47(50(2,3)4)57-43(62)11-13-67-15-17-69-18-16-68-14-12-44(63)58-52-24-35-19-36(25-52)23-51(22-35,31-52)56-27-45(64)59-28-38-9-10-40(53)20-39(38)29-59/h5-10,20,32,35-36,41-42,47,56,61H,11-19,21-31H2,1-4H3,(H,54,65)(H,57,62)(H,58,63)/t35?,36?,41-,42+,47-,51?,52?/m1/s1. The fraction of sp³-hybridized carbons (Fsp3) is 0.615. The van der Waals surface area contributed by atoms with E-state index >= 15 is 0 Å². The number of nitrogens with one attached hydrogen (secondary N) is 4. The summed E-state index contributed by atoms with van der Waals surface area (Å²) in [5, 5.41) is 23.4. The van der Waals surface area contributed by atoms with E-state index in [2.05, 4.69) is 26.3 Å². The number of rotatable bonds is 22. The molecule has 2 aromatic carbocycles. The molecule has 5 amide bonds. The Morgan fingerprint density at radius 1 is 0.857 bits per heavy atom. The minimum Gasteiger partial charge on any atom is -0.391 e. The van der Waals surface area contributed by atoms with Gasteiger partial charge in [0, 0.05) is 56.5 Å². The van der Waals surface area contributed by atoms with E-state index in [4.69, 9.17) is 14.2 Å². The Kier molecular flexibility index (Phi) is 16.4. The smallest absolute Gasteiger partial charge is 0.246 e. The highest BCUT2D eigenvalue weighted by Crippen LogP contribution is 2.57. The van der Waals surface area contributed by atoms with Gasteiger partial charge in [0.15, 0.2) is 0 Å². The fourth-order valence-electron chi connectivity index (χ4n) is 11.8. The van der Waals surface area contributed by atoms with E-state index in [-0.39, 0.29) is 106 Å². The number of hydrogen-bond donors (Lipinski definition) is 5. The number of fused-ring (bicyclic) bond motifs is 1. The van der Waals surface area contributed by atoms with Crippen molar-refractivity contribution < 1.29 is 47.7 Å². The van der Waals surface area contributed by atoms with E-state index in [1.807, 2.05) is 57.5 Å². The molecule has 5 atom stereocenters. The van der Waals surface area contributed by atoms with Gasteiger partial charge in [-0.1, -0.05) is 51.1 Å². The first-order chi connectivity index (χ1) is 33.5. The molecule has 0 radical (unpaired) electrons. The van der Waals surface area contributed by atoms with Gasteiger partial charge in [-0.3, -0.25) is 24.0 Å². The molecule has 70 heavy (non-hydrogen) atoms. The third-order valence-corrected chi connectivity index (χ3v) is 15.7. The quantitative estimate of drug-likeness (QED) is 0.0887. The lowest BCUT2D eigenvalue weighted by Crippen LogP contribution is -2.69. The van der Waals surface area contributed by atoms with E-state index in [1.165, 1.54) is 17.0 Å². The van der Waals surface area contributed by atoms with Crippen LogP contribution in [0.1, 0.15) is 101 Å². The van der Waals surface area contributed by atoms with Gasteiger partial charge in [0.05, 0.1) is 68.4 Å². The highest BCUT2D eigenvalue weighted by atomic mass is 32.1. The average molecular weight is 988 g/mol. The van der Waals surface area contributed by atoms with Crippen molar-refractivity contribution in [1.29, 1.82) is 0 Å². The van der Waals surface area contributed by atoms with Crippen LogP contribution < -0.4 is 21.3 Å². The molecule has 16 nitrogen and oxygen atoms in total. The van der Waals surface area contributed by atoms with Gasteiger partial charge in [-0.25, -0.2) is 9.37 Å². The number of amides is 5. The van der Waals surface area contributed by atoms with Gasteiger partial charge in [0.2, 0.25) is 29.5 Å². The second-order valence-electron chi connectivity index (χ2n) is 21.4. The van der Waals surface area contributed by atoms with Gasteiger partial charge in [0.1, 0.15) is 17.9 Å². The number of ether oxygens (including phenoxy) is 3. The Hall–Kier alpha value is -4.85. The van der Waals surface area contributed by atoms with E-state index in [1.54, 1.807) is 22.3 Å². The molecule has 0 spiro atoms. The number of thiazole rings is 1. The van der Waals surface area contributed by atoms with Crippen molar-refractivity contribution in [2.75, 3.05) is 52.7 Å². The van der Waals surface area contributed by atoms with Gasteiger partial charge in [-0.15, -0.1) is 11.3 Å². The number of aryl methyl sites for hydroxylation is 1. The normalized spacial score (nSPS) is 24.9. The van der Waals surface area contributed by atoms with Gasteiger partial charge >= 0.3 is 0 Å². The summed E-state index contributed by atoms with van der Waals surface area (Å²) in [7, 11) is 0. The zero-order valence-corrected chi connectivity index (χ0v) is 41.8. The lowest BCUT2D eigenvalue weighted by molar-refractivity contribution is -0.144. The summed E-state index contributed by atoms with van der Waals surface area (Å²) in [4.78, 5) is 75.6. The number of carbonyl (C=O) groups is 5. The predicted octanol–water partition coefficient (Wildman–Crippen LogP) is 4.54. The number of carbonyl (C=O) groups excluding carboxylic acids is 5. The van der Waals surface area contributed by atoms with E-state index < -0.39 is 29.5 Å².